The molecule has 0 aromatic carbocycles. The summed E-state index contributed by atoms with van der Waals surface area (Å²) in [5.74, 6) is -1.03. The first-order valence-corrected chi connectivity index (χ1v) is 7.99. The lowest BCUT2D eigenvalue weighted by molar-refractivity contribution is -0.135. The van der Waals surface area contributed by atoms with Gasteiger partial charge in [0.25, 0.3) is 0 Å². The molecule has 9 heteroatoms. The van der Waals surface area contributed by atoms with Crippen LogP contribution in [0.15, 0.2) is 12.5 Å². The second kappa shape index (κ2) is 7.45. The van der Waals surface area contributed by atoms with Crippen LogP contribution in [0.3, 0.4) is 0 Å². The van der Waals surface area contributed by atoms with Crippen LogP contribution >= 0.6 is 0 Å². The molecule has 0 aliphatic carbocycles. The zero-order chi connectivity index (χ0) is 18.6. The fourth-order valence-electron chi connectivity index (χ4n) is 2.52. The van der Waals surface area contributed by atoms with E-state index in [1.807, 2.05) is 0 Å². The number of aldehydes is 1. The Morgan fingerprint density at radius 3 is 2.80 bits per heavy atom. The largest absolute Gasteiger partial charge is 0.443 e. The van der Waals surface area contributed by atoms with E-state index >= 15 is 0 Å². The molecule has 1 aromatic rings. The van der Waals surface area contributed by atoms with E-state index in [0.717, 1.165) is 4.90 Å². The zero-order valence-corrected chi connectivity index (χ0v) is 14.4. The van der Waals surface area contributed by atoms with Gasteiger partial charge in [0, 0.05) is 24.7 Å². The third kappa shape index (κ3) is 4.88. The number of carbonyl (C=O) groups is 4. The van der Waals surface area contributed by atoms with E-state index in [0.29, 0.717) is 12.0 Å². The maximum absolute atomic E-state index is 12.5. The number of hydrogen-bond acceptors (Lipinski definition) is 6. The number of amides is 3. The van der Waals surface area contributed by atoms with Gasteiger partial charge in [-0.1, -0.05) is 0 Å². The Morgan fingerprint density at radius 2 is 2.24 bits per heavy atom. The summed E-state index contributed by atoms with van der Waals surface area (Å²) in [5.41, 5.74) is -0.101. The van der Waals surface area contributed by atoms with E-state index in [4.69, 9.17) is 4.74 Å². The molecule has 0 spiro atoms. The quantitative estimate of drug-likeness (QED) is 0.749. The maximum atomic E-state index is 12.5. The summed E-state index contributed by atoms with van der Waals surface area (Å²) < 4.78 is 5.19. The van der Waals surface area contributed by atoms with Crippen molar-refractivity contribution >= 4 is 24.2 Å². The van der Waals surface area contributed by atoms with Gasteiger partial charge in [0.05, 0.1) is 12.4 Å². The van der Waals surface area contributed by atoms with Crippen molar-refractivity contribution in [2.24, 2.45) is 0 Å². The van der Waals surface area contributed by atoms with E-state index in [9.17, 15) is 19.2 Å². The first kappa shape index (κ1) is 18.6. The summed E-state index contributed by atoms with van der Waals surface area (Å²) in [6.07, 6.45) is 3.28. The lowest BCUT2D eigenvalue weighted by Gasteiger charge is -2.27. The Hall–Kier alpha value is -2.71. The van der Waals surface area contributed by atoms with Gasteiger partial charge < -0.3 is 19.8 Å². The number of imide groups is 1. The minimum atomic E-state index is -0.980. The van der Waals surface area contributed by atoms with Crippen molar-refractivity contribution in [3.05, 3.63) is 18.2 Å². The molecular formula is C16H22N4O5. The molecule has 25 heavy (non-hydrogen) atoms. The van der Waals surface area contributed by atoms with Crippen LogP contribution in [0.2, 0.25) is 0 Å². The molecule has 1 fully saturated rings. The number of imidazole rings is 1. The molecule has 0 bridgehead atoms. The third-order valence-electron chi connectivity index (χ3n) is 3.59. The molecule has 0 unspecified atom stereocenters. The molecule has 2 atom stereocenters. The summed E-state index contributed by atoms with van der Waals surface area (Å²) in [4.78, 5) is 55.4. The number of hydrogen-bond donors (Lipinski definition) is 2. The molecule has 2 N–H and O–H groups in total. The molecule has 1 saturated heterocycles. The Labute approximate surface area is 145 Å². The number of likely N-dealkylation sites (tertiary alicyclic amines) is 1. The van der Waals surface area contributed by atoms with Crippen LogP contribution in [0.1, 0.15) is 39.3 Å². The molecule has 136 valence electrons. The van der Waals surface area contributed by atoms with Crippen molar-refractivity contribution in [2.45, 2.75) is 57.7 Å². The summed E-state index contributed by atoms with van der Waals surface area (Å²) >= 11 is 0. The van der Waals surface area contributed by atoms with Crippen molar-refractivity contribution in [1.29, 1.82) is 0 Å². The van der Waals surface area contributed by atoms with Gasteiger partial charge in [-0.15, -0.1) is 0 Å². The second-order valence-electron chi connectivity index (χ2n) is 6.83. The van der Waals surface area contributed by atoms with Gasteiger partial charge in [0.1, 0.15) is 17.9 Å². The Morgan fingerprint density at radius 1 is 1.52 bits per heavy atom. The smallest absolute Gasteiger partial charge is 0.417 e. The Kier molecular flexibility index (Phi) is 5.55. The van der Waals surface area contributed by atoms with Gasteiger partial charge >= 0.3 is 6.09 Å². The molecule has 9 nitrogen and oxygen atoms in total. The topological polar surface area (TPSA) is 121 Å². The van der Waals surface area contributed by atoms with Gasteiger partial charge in [-0.25, -0.2) is 14.7 Å². The average molecular weight is 350 g/mol. The first-order chi connectivity index (χ1) is 11.7. The summed E-state index contributed by atoms with van der Waals surface area (Å²) in [5, 5.41) is 2.56. The Bertz CT molecular complexity index is 650. The highest BCUT2D eigenvalue weighted by molar-refractivity contribution is 6.01. The predicted molar refractivity (Wildman–Crippen MR) is 86.4 cm³/mol. The average Bonchev–Trinajstić information content (AvgIpc) is 3.13. The molecule has 1 aromatic heterocycles. The number of carbonyl (C=O) groups excluding carboxylic acids is 4. The third-order valence-corrected chi connectivity index (χ3v) is 3.59. The fourth-order valence-corrected chi connectivity index (χ4v) is 2.52. The van der Waals surface area contributed by atoms with E-state index in [1.165, 1.54) is 6.33 Å². The van der Waals surface area contributed by atoms with Crippen molar-refractivity contribution < 1.29 is 23.9 Å². The van der Waals surface area contributed by atoms with Crippen LogP contribution in [0.5, 0.6) is 0 Å². The van der Waals surface area contributed by atoms with Gasteiger partial charge in [-0.05, 0) is 27.2 Å². The lowest BCUT2D eigenvalue weighted by Crippen LogP contribution is -2.51. The minimum Gasteiger partial charge on any atom is -0.443 e. The number of ether oxygens (including phenoxy) is 1. The van der Waals surface area contributed by atoms with E-state index in [1.54, 1.807) is 27.0 Å². The minimum absolute atomic E-state index is 0.0730. The van der Waals surface area contributed by atoms with Crippen molar-refractivity contribution in [3.63, 3.8) is 0 Å². The number of nitrogens with one attached hydrogen (secondary N) is 2. The SMILES string of the molecule is CC(C)(C)OC(=O)N1C(=O)CC[C@H]1C(=O)N[C@H](C=O)Cc1cnc[nH]1. The molecular weight excluding hydrogens is 328 g/mol. The molecule has 0 saturated carbocycles. The number of nitrogens with zero attached hydrogens (tertiary/aromatic N) is 2. The highest BCUT2D eigenvalue weighted by Crippen LogP contribution is 2.22. The van der Waals surface area contributed by atoms with E-state index in [-0.39, 0.29) is 19.3 Å². The van der Waals surface area contributed by atoms with Crippen LogP contribution in [0.25, 0.3) is 0 Å². The highest BCUT2D eigenvalue weighted by atomic mass is 16.6. The van der Waals surface area contributed by atoms with Crippen LogP contribution in [0.4, 0.5) is 4.79 Å². The van der Waals surface area contributed by atoms with E-state index < -0.39 is 35.6 Å². The molecule has 1 aliphatic heterocycles. The number of H-pyrrole nitrogens is 1. The first-order valence-electron chi connectivity index (χ1n) is 7.99. The van der Waals surface area contributed by atoms with Gasteiger partial charge in [-0.2, -0.15) is 0 Å². The van der Waals surface area contributed by atoms with E-state index in [2.05, 4.69) is 15.3 Å². The van der Waals surface area contributed by atoms with Crippen molar-refractivity contribution in [3.8, 4) is 0 Å². The number of aromatic amines is 1. The molecule has 2 rings (SSSR count). The fraction of sp³-hybridized carbons (Fsp3) is 0.562. The maximum Gasteiger partial charge on any atom is 0.417 e. The zero-order valence-electron chi connectivity index (χ0n) is 14.4. The predicted octanol–water partition coefficient (Wildman–Crippen LogP) is 0.562. The normalized spacial score (nSPS) is 18.8. The van der Waals surface area contributed by atoms with Crippen LogP contribution in [-0.4, -0.2) is 56.7 Å². The summed E-state index contributed by atoms with van der Waals surface area (Å²) in [7, 11) is 0. The van der Waals surface area contributed by atoms with Gasteiger partial charge in [0.2, 0.25) is 11.8 Å². The lowest BCUT2D eigenvalue weighted by atomic mass is 10.1. The van der Waals surface area contributed by atoms with Crippen molar-refractivity contribution in [2.75, 3.05) is 0 Å². The number of aromatic nitrogens is 2. The second-order valence-corrected chi connectivity index (χ2v) is 6.83. The van der Waals surface area contributed by atoms with Crippen LogP contribution < -0.4 is 5.32 Å². The highest BCUT2D eigenvalue weighted by Gasteiger charge is 2.42. The van der Waals surface area contributed by atoms with Crippen LogP contribution in [-0.2, 0) is 25.5 Å². The van der Waals surface area contributed by atoms with Gasteiger partial charge in [-0.3, -0.25) is 9.59 Å². The molecule has 2 heterocycles. The van der Waals surface area contributed by atoms with Crippen molar-refractivity contribution in [1.82, 2.24) is 20.2 Å². The monoisotopic (exact) mass is 350 g/mol. The Balaban J connectivity index is 2.04. The van der Waals surface area contributed by atoms with Gasteiger partial charge in [0.15, 0.2) is 0 Å². The molecule has 3 amide bonds. The van der Waals surface area contributed by atoms with Crippen LogP contribution in [0, 0.1) is 0 Å². The standard InChI is InChI=1S/C16H22N4O5/c1-16(2,3)25-15(24)20-12(4-5-13(20)22)14(23)19-11(8-21)6-10-7-17-9-18-10/h7-9,11-12H,4-6H2,1-3H3,(H,17,18)(H,19,23)/t11-,12-/m0/s1. The molecule has 1 aliphatic rings. The summed E-state index contributed by atoms with van der Waals surface area (Å²) in [6, 6.07) is -1.77. The summed E-state index contributed by atoms with van der Waals surface area (Å²) in [6.45, 7) is 5.02. The molecule has 0 radical (unpaired) electrons. The number of rotatable bonds is 5.